The predicted octanol–water partition coefficient (Wildman–Crippen LogP) is 2.93. The number of carbonyl (C=O) groups is 1. The van der Waals surface area contributed by atoms with Gasteiger partial charge in [-0.25, -0.2) is 4.79 Å². The number of nitrogen functional groups attached to an aromatic ring is 1. The third-order valence-electron chi connectivity index (χ3n) is 3.23. The Morgan fingerprint density at radius 2 is 2.11 bits per heavy atom. The molecule has 1 unspecified atom stereocenters. The minimum atomic E-state index is -0.328. The molecule has 1 aromatic carbocycles. The molecule has 106 valence electrons. The van der Waals surface area contributed by atoms with Crippen LogP contribution in [0.5, 0.6) is 0 Å². The van der Waals surface area contributed by atoms with Crippen molar-refractivity contribution in [2.24, 2.45) is 5.92 Å². The van der Waals surface area contributed by atoms with Crippen molar-refractivity contribution in [3.63, 3.8) is 0 Å². The van der Waals surface area contributed by atoms with Crippen molar-refractivity contribution < 1.29 is 9.53 Å². The smallest absolute Gasteiger partial charge is 0.338 e. The molecule has 0 saturated heterocycles. The van der Waals surface area contributed by atoms with E-state index in [4.69, 9.17) is 10.5 Å². The van der Waals surface area contributed by atoms with E-state index in [9.17, 15) is 4.79 Å². The lowest BCUT2D eigenvalue weighted by atomic mass is 10.1. The molecular formula is C15H24N2O2. The lowest BCUT2D eigenvalue weighted by Crippen LogP contribution is -2.24. The molecule has 1 aromatic rings. The number of hydrogen-bond donors (Lipinski definition) is 1. The summed E-state index contributed by atoms with van der Waals surface area (Å²) in [7, 11) is 2.02. The summed E-state index contributed by atoms with van der Waals surface area (Å²) in [5, 5.41) is 0. The third kappa shape index (κ3) is 4.16. The first-order valence-electron chi connectivity index (χ1n) is 6.77. The molecule has 0 spiro atoms. The Hall–Kier alpha value is -1.71. The summed E-state index contributed by atoms with van der Waals surface area (Å²) in [4.78, 5) is 13.7. The van der Waals surface area contributed by atoms with Crippen LogP contribution in [-0.4, -0.2) is 26.2 Å². The van der Waals surface area contributed by atoms with Crippen LogP contribution in [0.25, 0.3) is 0 Å². The summed E-state index contributed by atoms with van der Waals surface area (Å²) in [5.74, 6) is 0.277. The molecule has 0 aliphatic heterocycles. The maximum Gasteiger partial charge on any atom is 0.338 e. The average Bonchev–Trinajstić information content (AvgIpc) is 2.38. The second-order valence-corrected chi connectivity index (χ2v) is 4.89. The quantitative estimate of drug-likeness (QED) is 0.634. The van der Waals surface area contributed by atoms with Crippen LogP contribution in [0, 0.1) is 5.92 Å². The molecular weight excluding hydrogens is 240 g/mol. The first kappa shape index (κ1) is 15.3. The standard InChI is InChI=1S/C15H24N2O2/c1-5-11(3)10-17(4)14-8-7-12(9-13(14)16)15(18)19-6-2/h7-9,11H,5-6,10,16H2,1-4H3. The Kier molecular flexibility index (Phi) is 5.67. The van der Waals surface area contributed by atoms with Gasteiger partial charge in [0.25, 0.3) is 0 Å². The molecule has 0 fully saturated rings. The predicted molar refractivity (Wildman–Crippen MR) is 79.5 cm³/mol. The Balaban J connectivity index is 2.85. The van der Waals surface area contributed by atoms with E-state index in [1.807, 2.05) is 13.1 Å². The van der Waals surface area contributed by atoms with Gasteiger partial charge in [-0.3, -0.25) is 0 Å². The zero-order valence-electron chi connectivity index (χ0n) is 12.3. The molecule has 0 heterocycles. The van der Waals surface area contributed by atoms with Crippen LogP contribution in [-0.2, 0) is 4.74 Å². The fourth-order valence-corrected chi connectivity index (χ4v) is 1.94. The second kappa shape index (κ2) is 7.02. The lowest BCUT2D eigenvalue weighted by Gasteiger charge is -2.24. The van der Waals surface area contributed by atoms with E-state index in [0.717, 1.165) is 18.7 Å². The van der Waals surface area contributed by atoms with Crippen molar-refractivity contribution in [2.75, 3.05) is 30.8 Å². The van der Waals surface area contributed by atoms with E-state index >= 15 is 0 Å². The van der Waals surface area contributed by atoms with Crippen molar-refractivity contribution in [1.29, 1.82) is 0 Å². The number of rotatable bonds is 6. The molecule has 19 heavy (non-hydrogen) atoms. The highest BCUT2D eigenvalue weighted by atomic mass is 16.5. The largest absolute Gasteiger partial charge is 0.462 e. The molecule has 1 rings (SSSR count). The van der Waals surface area contributed by atoms with E-state index in [1.165, 1.54) is 0 Å². The topological polar surface area (TPSA) is 55.6 Å². The van der Waals surface area contributed by atoms with Gasteiger partial charge >= 0.3 is 5.97 Å². The Morgan fingerprint density at radius 3 is 2.63 bits per heavy atom. The van der Waals surface area contributed by atoms with Gasteiger partial charge in [0.2, 0.25) is 0 Å². The summed E-state index contributed by atoms with van der Waals surface area (Å²) < 4.78 is 4.96. The molecule has 4 nitrogen and oxygen atoms in total. The van der Waals surface area contributed by atoms with Crippen molar-refractivity contribution in [3.05, 3.63) is 23.8 Å². The molecule has 1 atom stereocenters. The number of carbonyl (C=O) groups excluding carboxylic acids is 1. The number of nitrogens with two attached hydrogens (primary N) is 1. The number of benzene rings is 1. The maximum absolute atomic E-state index is 11.6. The van der Waals surface area contributed by atoms with E-state index in [0.29, 0.717) is 23.8 Å². The summed E-state index contributed by atoms with van der Waals surface area (Å²) in [6.45, 7) is 7.48. The van der Waals surface area contributed by atoms with Crippen molar-refractivity contribution in [3.8, 4) is 0 Å². The van der Waals surface area contributed by atoms with Gasteiger partial charge < -0.3 is 15.4 Å². The van der Waals surface area contributed by atoms with E-state index in [2.05, 4.69) is 18.7 Å². The van der Waals surface area contributed by atoms with E-state index in [1.54, 1.807) is 19.1 Å². The van der Waals surface area contributed by atoms with Gasteiger partial charge in [-0.1, -0.05) is 20.3 Å². The minimum absolute atomic E-state index is 0.328. The van der Waals surface area contributed by atoms with Crippen LogP contribution >= 0.6 is 0 Å². The first-order chi connectivity index (χ1) is 8.99. The van der Waals surface area contributed by atoms with Crippen molar-refractivity contribution in [2.45, 2.75) is 27.2 Å². The van der Waals surface area contributed by atoms with Gasteiger partial charge in [0.15, 0.2) is 0 Å². The normalized spacial score (nSPS) is 12.0. The SMILES string of the molecule is CCOC(=O)c1ccc(N(C)CC(C)CC)c(N)c1. The van der Waals surface area contributed by atoms with Gasteiger partial charge in [0.1, 0.15) is 0 Å². The number of esters is 1. The molecule has 0 aromatic heterocycles. The number of anilines is 2. The molecule has 0 amide bonds. The van der Waals surface area contributed by atoms with Gasteiger partial charge in [0.05, 0.1) is 23.5 Å². The number of ether oxygens (including phenoxy) is 1. The molecule has 0 aliphatic rings. The summed E-state index contributed by atoms with van der Waals surface area (Å²) in [6, 6.07) is 5.32. The van der Waals surface area contributed by atoms with Gasteiger partial charge in [-0.2, -0.15) is 0 Å². The molecule has 0 aliphatic carbocycles. The molecule has 0 bridgehead atoms. The van der Waals surface area contributed by atoms with Gasteiger partial charge in [-0.05, 0) is 31.0 Å². The fourth-order valence-electron chi connectivity index (χ4n) is 1.94. The Morgan fingerprint density at radius 1 is 1.42 bits per heavy atom. The van der Waals surface area contributed by atoms with Crippen molar-refractivity contribution >= 4 is 17.3 Å². The molecule has 0 saturated carbocycles. The highest BCUT2D eigenvalue weighted by Crippen LogP contribution is 2.24. The molecule has 2 N–H and O–H groups in total. The van der Waals surface area contributed by atoms with Crippen LogP contribution in [0.15, 0.2) is 18.2 Å². The number of nitrogens with zero attached hydrogens (tertiary/aromatic N) is 1. The van der Waals surface area contributed by atoms with Crippen LogP contribution < -0.4 is 10.6 Å². The molecule has 0 radical (unpaired) electrons. The molecule has 4 heteroatoms. The van der Waals surface area contributed by atoms with E-state index in [-0.39, 0.29) is 5.97 Å². The van der Waals surface area contributed by atoms with Crippen LogP contribution in [0.2, 0.25) is 0 Å². The third-order valence-corrected chi connectivity index (χ3v) is 3.23. The Bertz CT molecular complexity index is 432. The van der Waals surface area contributed by atoms with Crippen molar-refractivity contribution in [1.82, 2.24) is 0 Å². The summed E-state index contributed by atoms with van der Waals surface area (Å²) in [6.07, 6.45) is 1.13. The van der Waals surface area contributed by atoms with Crippen LogP contribution in [0.4, 0.5) is 11.4 Å². The zero-order valence-corrected chi connectivity index (χ0v) is 12.3. The maximum atomic E-state index is 11.6. The number of hydrogen-bond acceptors (Lipinski definition) is 4. The monoisotopic (exact) mass is 264 g/mol. The van der Waals surface area contributed by atoms with Gasteiger partial charge in [-0.15, -0.1) is 0 Å². The van der Waals surface area contributed by atoms with Crippen LogP contribution in [0.1, 0.15) is 37.6 Å². The highest BCUT2D eigenvalue weighted by Gasteiger charge is 2.12. The van der Waals surface area contributed by atoms with E-state index < -0.39 is 0 Å². The fraction of sp³-hybridized carbons (Fsp3) is 0.533. The second-order valence-electron chi connectivity index (χ2n) is 4.89. The Labute approximate surface area is 115 Å². The summed E-state index contributed by atoms with van der Waals surface area (Å²) >= 11 is 0. The minimum Gasteiger partial charge on any atom is -0.462 e. The van der Waals surface area contributed by atoms with Crippen LogP contribution in [0.3, 0.4) is 0 Å². The summed E-state index contributed by atoms with van der Waals surface area (Å²) in [5.41, 5.74) is 8.08. The highest BCUT2D eigenvalue weighted by molar-refractivity contribution is 5.92. The average molecular weight is 264 g/mol. The zero-order chi connectivity index (χ0) is 14.4. The lowest BCUT2D eigenvalue weighted by molar-refractivity contribution is 0.0526. The first-order valence-corrected chi connectivity index (χ1v) is 6.77. The van der Waals surface area contributed by atoms with Gasteiger partial charge in [0, 0.05) is 13.6 Å².